The molecule has 2 aromatic rings. The number of nitrogens with zero attached hydrogens (tertiary/aromatic N) is 2. The van der Waals surface area contributed by atoms with Gasteiger partial charge in [0.2, 0.25) is 0 Å². The van der Waals surface area contributed by atoms with Crippen molar-refractivity contribution in [2.45, 2.75) is 24.8 Å². The summed E-state index contributed by atoms with van der Waals surface area (Å²) >= 11 is 0. The summed E-state index contributed by atoms with van der Waals surface area (Å²) in [6, 6.07) is 7.27. The summed E-state index contributed by atoms with van der Waals surface area (Å²) in [7, 11) is -3.66. The molecule has 6 nitrogen and oxygen atoms in total. The molecule has 2 rings (SSSR count). The van der Waals surface area contributed by atoms with Gasteiger partial charge in [-0.15, -0.1) is 0 Å². The predicted octanol–water partition coefficient (Wildman–Crippen LogP) is 1.24. The van der Waals surface area contributed by atoms with E-state index in [0.717, 1.165) is 12.0 Å². The lowest BCUT2D eigenvalue weighted by Gasteiger charge is -2.10. The second-order valence-electron chi connectivity index (χ2n) is 4.28. The maximum Gasteiger partial charge on any atom is 0.265 e. The van der Waals surface area contributed by atoms with Crippen LogP contribution in [0.2, 0.25) is 0 Å². The highest BCUT2D eigenvalue weighted by atomic mass is 32.2. The summed E-state index contributed by atoms with van der Waals surface area (Å²) in [6.07, 6.45) is 3.40. The van der Waals surface area contributed by atoms with Crippen molar-refractivity contribution in [1.29, 1.82) is 0 Å². The third-order valence-corrected chi connectivity index (χ3v) is 4.21. The molecule has 1 heterocycles. The number of aryl methyl sites for hydroxylation is 1. The molecule has 0 fully saturated rings. The van der Waals surface area contributed by atoms with Crippen molar-refractivity contribution in [2.75, 3.05) is 11.3 Å². The van der Waals surface area contributed by atoms with E-state index in [1.54, 1.807) is 12.1 Å². The number of benzene rings is 1. The summed E-state index contributed by atoms with van der Waals surface area (Å²) < 4.78 is 28.5. The molecule has 20 heavy (non-hydrogen) atoms. The zero-order valence-corrected chi connectivity index (χ0v) is 12.0. The van der Waals surface area contributed by atoms with Gasteiger partial charge in [-0.05, 0) is 18.1 Å². The minimum atomic E-state index is -3.66. The van der Waals surface area contributed by atoms with E-state index in [-0.39, 0.29) is 18.0 Å². The van der Waals surface area contributed by atoms with Crippen molar-refractivity contribution in [3.05, 3.63) is 42.2 Å². The molecule has 0 unspecified atom stereocenters. The fraction of sp³-hybridized carbons (Fsp3) is 0.308. The quantitative estimate of drug-likeness (QED) is 0.839. The Bertz CT molecular complexity index is 680. The SMILES string of the molecule is CCc1ccccc1NS(=O)(=O)c1cnn(CCO)c1. The zero-order chi connectivity index (χ0) is 14.6. The van der Waals surface area contributed by atoms with Gasteiger partial charge in [0, 0.05) is 6.20 Å². The summed E-state index contributed by atoms with van der Waals surface area (Å²) in [4.78, 5) is 0.0804. The number of hydrogen-bond donors (Lipinski definition) is 2. The van der Waals surface area contributed by atoms with Crippen LogP contribution < -0.4 is 4.72 Å². The molecular formula is C13H17N3O3S. The smallest absolute Gasteiger partial charge is 0.265 e. The van der Waals surface area contributed by atoms with Crippen molar-refractivity contribution in [1.82, 2.24) is 9.78 Å². The highest BCUT2D eigenvalue weighted by molar-refractivity contribution is 7.92. The molecule has 0 amide bonds. The molecule has 1 aromatic carbocycles. The number of aromatic nitrogens is 2. The Kier molecular flexibility index (Phi) is 4.41. The number of hydrogen-bond acceptors (Lipinski definition) is 4. The average Bonchev–Trinajstić information content (AvgIpc) is 2.89. The maximum absolute atomic E-state index is 12.3. The first-order chi connectivity index (χ1) is 9.56. The molecule has 0 radical (unpaired) electrons. The van der Waals surface area contributed by atoms with Gasteiger partial charge in [0.1, 0.15) is 4.90 Å². The maximum atomic E-state index is 12.3. The Hall–Kier alpha value is -1.86. The number of nitrogens with one attached hydrogen (secondary N) is 1. The van der Waals surface area contributed by atoms with E-state index in [9.17, 15) is 8.42 Å². The van der Waals surface area contributed by atoms with Gasteiger partial charge in [-0.3, -0.25) is 9.40 Å². The van der Waals surface area contributed by atoms with E-state index >= 15 is 0 Å². The van der Waals surface area contributed by atoms with Gasteiger partial charge in [0.05, 0.1) is 25.0 Å². The topological polar surface area (TPSA) is 84.2 Å². The highest BCUT2D eigenvalue weighted by Gasteiger charge is 2.17. The first-order valence-electron chi connectivity index (χ1n) is 6.31. The summed E-state index contributed by atoms with van der Waals surface area (Å²) in [5, 5.41) is 12.7. The summed E-state index contributed by atoms with van der Waals surface area (Å²) in [6.45, 7) is 2.14. The lowest BCUT2D eigenvalue weighted by molar-refractivity contribution is 0.269. The Morgan fingerprint density at radius 3 is 2.80 bits per heavy atom. The average molecular weight is 295 g/mol. The second-order valence-corrected chi connectivity index (χ2v) is 5.96. The molecule has 108 valence electrons. The van der Waals surface area contributed by atoms with Gasteiger partial charge < -0.3 is 5.11 Å². The van der Waals surface area contributed by atoms with Crippen LogP contribution in [0.15, 0.2) is 41.6 Å². The molecule has 0 saturated heterocycles. The molecule has 7 heteroatoms. The van der Waals surface area contributed by atoms with Crippen molar-refractivity contribution < 1.29 is 13.5 Å². The second kappa shape index (κ2) is 6.06. The first kappa shape index (κ1) is 14.5. The molecule has 0 spiro atoms. The third-order valence-electron chi connectivity index (χ3n) is 2.89. The normalized spacial score (nSPS) is 11.5. The Balaban J connectivity index is 2.26. The molecule has 1 aromatic heterocycles. The Labute approximate surface area is 118 Å². The van der Waals surface area contributed by atoms with Crippen LogP contribution in [-0.4, -0.2) is 29.9 Å². The number of para-hydroxylation sites is 1. The lowest BCUT2D eigenvalue weighted by atomic mass is 10.1. The zero-order valence-electron chi connectivity index (χ0n) is 11.2. The van der Waals surface area contributed by atoms with E-state index in [2.05, 4.69) is 9.82 Å². The van der Waals surface area contributed by atoms with Crippen LogP contribution in [0.4, 0.5) is 5.69 Å². The van der Waals surface area contributed by atoms with Gasteiger partial charge in [0.15, 0.2) is 0 Å². The van der Waals surface area contributed by atoms with Crippen molar-refractivity contribution in [3.8, 4) is 0 Å². The van der Waals surface area contributed by atoms with Crippen molar-refractivity contribution in [2.24, 2.45) is 0 Å². The first-order valence-corrected chi connectivity index (χ1v) is 7.79. The van der Waals surface area contributed by atoms with Crippen molar-refractivity contribution in [3.63, 3.8) is 0 Å². The monoisotopic (exact) mass is 295 g/mol. The molecule has 0 aliphatic rings. The molecular weight excluding hydrogens is 278 g/mol. The Morgan fingerprint density at radius 1 is 1.35 bits per heavy atom. The summed E-state index contributed by atoms with van der Waals surface area (Å²) in [5.41, 5.74) is 1.50. The molecule has 0 aliphatic carbocycles. The van der Waals surface area contributed by atoms with Gasteiger partial charge in [-0.25, -0.2) is 8.42 Å². The van der Waals surface area contributed by atoms with E-state index in [4.69, 9.17) is 5.11 Å². The van der Waals surface area contributed by atoms with E-state index in [1.165, 1.54) is 17.1 Å². The van der Waals surface area contributed by atoms with Gasteiger partial charge >= 0.3 is 0 Å². The van der Waals surface area contributed by atoms with Crippen LogP contribution in [0.25, 0.3) is 0 Å². The fourth-order valence-electron chi connectivity index (χ4n) is 1.84. The van der Waals surface area contributed by atoms with Crippen LogP contribution in [0.1, 0.15) is 12.5 Å². The number of aliphatic hydroxyl groups is 1. The van der Waals surface area contributed by atoms with Crippen LogP contribution in [0.5, 0.6) is 0 Å². The van der Waals surface area contributed by atoms with Crippen LogP contribution >= 0.6 is 0 Å². The lowest BCUT2D eigenvalue weighted by Crippen LogP contribution is -2.13. The minimum Gasteiger partial charge on any atom is -0.394 e. The highest BCUT2D eigenvalue weighted by Crippen LogP contribution is 2.20. The molecule has 0 saturated carbocycles. The van der Waals surface area contributed by atoms with E-state index in [0.29, 0.717) is 5.69 Å². The van der Waals surface area contributed by atoms with Gasteiger partial charge in [-0.1, -0.05) is 25.1 Å². The van der Waals surface area contributed by atoms with Crippen LogP contribution in [-0.2, 0) is 23.0 Å². The van der Waals surface area contributed by atoms with Crippen LogP contribution in [0.3, 0.4) is 0 Å². The molecule has 2 N–H and O–H groups in total. The Morgan fingerprint density at radius 2 is 2.10 bits per heavy atom. The van der Waals surface area contributed by atoms with E-state index in [1.807, 2.05) is 19.1 Å². The minimum absolute atomic E-state index is 0.0804. The number of aliphatic hydroxyl groups excluding tert-OH is 1. The summed E-state index contributed by atoms with van der Waals surface area (Å²) in [5.74, 6) is 0. The van der Waals surface area contributed by atoms with Crippen molar-refractivity contribution >= 4 is 15.7 Å². The van der Waals surface area contributed by atoms with Gasteiger partial charge in [-0.2, -0.15) is 5.10 Å². The molecule has 0 bridgehead atoms. The molecule has 0 aliphatic heterocycles. The van der Waals surface area contributed by atoms with Gasteiger partial charge in [0.25, 0.3) is 10.0 Å². The van der Waals surface area contributed by atoms with E-state index < -0.39 is 10.0 Å². The predicted molar refractivity (Wildman–Crippen MR) is 75.9 cm³/mol. The standard InChI is InChI=1S/C13H17N3O3S/c1-2-11-5-3-4-6-13(11)15-20(18,19)12-9-14-16(10-12)7-8-17/h3-6,9-10,15,17H,2,7-8H2,1H3. The third kappa shape index (κ3) is 3.17. The van der Waals surface area contributed by atoms with Crippen LogP contribution in [0, 0.1) is 0 Å². The number of anilines is 1. The number of rotatable bonds is 6. The number of sulfonamides is 1. The molecule has 0 atom stereocenters. The largest absolute Gasteiger partial charge is 0.394 e. The fourth-order valence-corrected chi connectivity index (χ4v) is 2.89.